The molecule has 2 heteroatoms. The van der Waals surface area contributed by atoms with E-state index in [0.29, 0.717) is 6.04 Å². The largest absolute Gasteiger partial charge is 0.392 e. The van der Waals surface area contributed by atoms with Gasteiger partial charge in [0.1, 0.15) is 0 Å². The third-order valence-electron chi connectivity index (χ3n) is 5.54. The number of aliphatic hydroxyl groups excluding tert-OH is 1. The van der Waals surface area contributed by atoms with Crippen LogP contribution in [0, 0.1) is 17.3 Å². The zero-order valence-corrected chi connectivity index (χ0v) is 14.5. The Labute approximate surface area is 132 Å². The molecular formula is C19H37NO. The summed E-state index contributed by atoms with van der Waals surface area (Å²) in [5.74, 6) is 1.83. The van der Waals surface area contributed by atoms with Gasteiger partial charge in [0.25, 0.3) is 0 Å². The second kappa shape index (κ2) is 7.97. The molecular weight excluding hydrogens is 258 g/mol. The van der Waals surface area contributed by atoms with Gasteiger partial charge in [-0.15, -0.1) is 0 Å². The summed E-state index contributed by atoms with van der Waals surface area (Å²) < 4.78 is 0. The van der Waals surface area contributed by atoms with Gasteiger partial charge in [0.15, 0.2) is 0 Å². The maximum Gasteiger partial charge on any atom is 0.0669 e. The predicted octanol–water partition coefficient (Wildman–Crippen LogP) is 4.51. The van der Waals surface area contributed by atoms with Crippen LogP contribution in [0.2, 0.25) is 0 Å². The second-order valence-electron chi connectivity index (χ2n) is 8.78. The van der Waals surface area contributed by atoms with Crippen LogP contribution < -0.4 is 5.32 Å². The van der Waals surface area contributed by atoms with E-state index in [0.717, 1.165) is 24.8 Å². The van der Waals surface area contributed by atoms with Crippen molar-refractivity contribution in [3.63, 3.8) is 0 Å². The molecule has 3 atom stereocenters. The van der Waals surface area contributed by atoms with Crippen molar-refractivity contribution in [1.29, 1.82) is 0 Å². The molecule has 0 aliphatic heterocycles. The van der Waals surface area contributed by atoms with E-state index in [9.17, 15) is 5.11 Å². The van der Waals surface area contributed by atoms with Crippen molar-refractivity contribution in [2.45, 2.75) is 97.1 Å². The van der Waals surface area contributed by atoms with Gasteiger partial charge in [0.05, 0.1) is 6.10 Å². The van der Waals surface area contributed by atoms with E-state index in [-0.39, 0.29) is 11.5 Å². The molecule has 2 aliphatic rings. The summed E-state index contributed by atoms with van der Waals surface area (Å²) in [6.07, 6.45) is 13.5. The molecule has 0 amide bonds. The van der Waals surface area contributed by atoms with Crippen LogP contribution in [0.5, 0.6) is 0 Å². The van der Waals surface area contributed by atoms with Gasteiger partial charge in [0.2, 0.25) is 0 Å². The maximum absolute atomic E-state index is 10.2. The van der Waals surface area contributed by atoms with E-state index in [4.69, 9.17) is 0 Å². The molecule has 2 N–H and O–H groups in total. The molecule has 21 heavy (non-hydrogen) atoms. The Morgan fingerprint density at radius 1 is 0.952 bits per heavy atom. The Hall–Kier alpha value is -0.0800. The maximum atomic E-state index is 10.2. The van der Waals surface area contributed by atoms with Crippen molar-refractivity contribution in [1.82, 2.24) is 5.32 Å². The highest BCUT2D eigenvalue weighted by Crippen LogP contribution is 2.38. The predicted molar refractivity (Wildman–Crippen MR) is 90.4 cm³/mol. The quantitative estimate of drug-likeness (QED) is 0.782. The minimum Gasteiger partial charge on any atom is -0.392 e. The summed E-state index contributed by atoms with van der Waals surface area (Å²) in [4.78, 5) is 0. The topological polar surface area (TPSA) is 32.3 Å². The number of nitrogens with one attached hydrogen (secondary N) is 1. The molecule has 0 heterocycles. The van der Waals surface area contributed by atoms with Crippen molar-refractivity contribution < 1.29 is 5.11 Å². The molecule has 0 aromatic rings. The van der Waals surface area contributed by atoms with E-state index < -0.39 is 0 Å². The lowest BCUT2D eigenvalue weighted by Crippen LogP contribution is -2.45. The third-order valence-corrected chi connectivity index (χ3v) is 5.54. The van der Waals surface area contributed by atoms with Gasteiger partial charge in [-0.3, -0.25) is 0 Å². The van der Waals surface area contributed by atoms with E-state index in [1.807, 2.05) is 0 Å². The summed E-state index contributed by atoms with van der Waals surface area (Å²) in [7, 11) is 0. The molecule has 0 saturated heterocycles. The lowest BCUT2D eigenvalue weighted by Gasteiger charge is -2.40. The van der Waals surface area contributed by atoms with Crippen LogP contribution >= 0.6 is 0 Å². The molecule has 2 aliphatic carbocycles. The van der Waals surface area contributed by atoms with E-state index in [1.54, 1.807) is 0 Å². The molecule has 2 rings (SSSR count). The van der Waals surface area contributed by atoms with Crippen LogP contribution in [0.4, 0.5) is 0 Å². The summed E-state index contributed by atoms with van der Waals surface area (Å²) >= 11 is 0. The van der Waals surface area contributed by atoms with Crippen molar-refractivity contribution in [2.24, 2.45) is 17.3 Å². The fourth-order valence-corrected chi connectivity index (χ4v) is 4.61. The van der Waals surface area contributed by atoms with Gasteiger partial charge in [-0.05, 0) is 36.5 Å². The molecule has 0 spiro atoms. The smallest absolute Gasteiger partial charge is 0.0669 e. The first-order chi connectivity index (χ1) is 9.96. The van der Waals surface area contributed by atoms with Gasteiger partial charge >= 0.3 is 0 Å². The van der Waals surface area contributed by atoms with Crippen LogP contribution in [0.3, 0.4) is 0 Å². The zero-order valence-electron chi connectivity index (χ0n) is 14.5. The number of hydrogen-bond acceptors (Lipinski definition) is 2. The molecule has 0 aromatic carbocycles. The van der Waals surface area contributed by atoms with Crippen LogP contribution in [0.15, 0.2) is 0 Å². The monoisotopic (exact) mass is 295 g/mol. The Morgan fingerprint density at radius 3 is 2.24 bits per heavy atom. The highest BCUT2D eigenvalue weighted by molar-refractivity contribution is 4.87. The highest BCUT2D eigenvalue weighted by Gasteiger charge is 2.32. The lowest BCUT2D eigenvalue weighted by atomic mass is 9.71. The molecule has 0 bridgehead atoms. The van der Waals surface area contributed by atoms with Crippen molar-refractivity contribution in [3.05, 3.63) is 0 Å². The molecule has 3 unspecified atom stereocenters. The number of hydrogen-bond donors (Lipinski definition) is 2. The van der Waals surface area contributed by atoms with Gasteiger partial charge in [-0.1, -0.05) is 65.7 Å². The SMILES string of the molecule is CC(C)(C)CC(O)CNC1CCCCC1C1CCCCC1. The molecule has 2 saturated carbocycles. The van der Waals surface area contributed by atoms with Crippen LogP contribution in [0.1, 0.15) is 85.0 Å². The zero-order chi connectivity index (χ0) is 15.3. The van der Waals surface area contributed by atoms with Gasteiger partial charge in [-0.2, -0.15) is 0 Å². The summed E-state index contributed by atoms with van der Waals surface area (Å²) in [5.41, 5.74) is 0.219. The average molecular weight is 296 g/mol. The molecule has 2 nitrogen and oxygen atoms in total. The van der Waals surface area contributed by atoms with E-state index in [1.165, 1.54) is 57.8 Å². The number of rotatable bonds is 5. The standard InChI is InChI=1S/C19H37NO/c1-19(2,3)13-16(21)14-20-18-12-8-7-11-17(18)15-9-5-4-6-10-15/h15-18,20-21H,4-14H2,1-3H3. The van der Waals surface area contributed by atoms with Crippen molar-refractivity contribution in [3.8, 4) is 0 Å². The van der Waals surface area contributed by atoms with E-state index >= 15 is 0 Å². The third kappa shape index (κ3) is 5.90. The Morgan fingerprint density at radius 2 is 1.57 bits per heavy atom. The summed E-state index contributed by atoms with van der Waals surface area (Å²) in [6, 6.07) is 0.663. The molecule has 124 valence electrons. The number of aliphatic hydroxyl groups is 1. The lowest BCUT2D eigenvalue weighted by molar-refractivity contribution is 0.0969. The summed E-state index contributed by atoms with van der Waals surface area (Å²) in [6.45, 7) is 7.41. The first kappa shape index (κ1) is 17.3. The molecule has 0 aromatic heterocycles. The molecule has 0 radical (unpaired) electrons. The fraction of sp³-hybridized carbons (Fsp3) is 1.00. The van der Waals surface area contributed by atoms with Gasteiger partial charge in [-0.25, -0.2) is 0 Å². The Balaban J connectivity index is 1.81. The first-order valence-electron chi connectivity index (χ1n) is 9.37. The van der Waals surface area contributed by atoms with Gasteiger partial charge in [0, 0.05) is 12.6 Å². The normalized spacial score (nSPS) is 30.3. The van der Waals surface area contributed by atoms with Crippen molar-refractivity contribution >= 4 is 0 Å². The first-order valence-corrected chi connectivity index (χ1v) is 9.37. The highest BCUT2D eigenvalue weighted by atomic mass is 16.3. The minimum absolute atomic E-state index is 0.195. The van der Waals surface area contributed by atoms with E-state index in [2.05, 4.69) is 26.1 Å². The summed E-state index contributed by atoms with van der Waals surface area (Å²) in [5, 5.41) is 14.0. The Bertz CT molecular complexity index is 290. The Kier molecular flexibility index (Phi) is 6.55. The van der Waals surface area contributed by atoms with Crippen molar-refractivity contribution in [2.75, 3.05) is 6.54 Å². The average Bonchev–Trinajstić information content (AvgIpc) is 2.45. The van der Waals surface area contributed by atoms with Crippen LogP contribution in [0.25, 0.3) is 0 Å². The van der Waals surface area contributed by atoms with Crippen LogP contribution in [-0.2, 0) is 0 Å². The minimum atomic E-state index is -0.195. The molecule has 2 fully saturated rings. The fourth-order valence-electron chi connectivity index (χ4n) is 4.61. The van der Waals surface area contributed by atoms with Gasteiger partial charge < -0.3 is 10.4 Å². The van der Waals surface area contributed by atoms with Crippen LogP contribution in [-0.4, -0.2) is 23.8 Å². The second-order valence-corrected chi connectivity index (χ2v) is 8.78.